The van der Waals surface area contributed by atoms with E-state index < -0.39 is 35.1 Å². The van der Waals surface area contributed by atoms with Crippen LogP contribution in [0.2, 0.25) is 0 Å². The number of halogens is 4. The van der Waals surface area contributed by atoms with Gasteiger partial charge in [0.2, 0.25) is 0 Å². The van der Waals surface area contributed by atoms with E-state index in [1.165, 1.54) is 24.3 Å². The van der Waals surface area contributed by atoms with Gasteiger partial charge in [-0.15, -0.1) is 11.8 Å². The average Bonchev–Trinajstić information content (AvgIpc) is 2.60. The maximum absolute atomic E-state index is 13.5. The van der Waals surface area contributed by atoms with E-state index >= 15 is 0 Å². The number of aliphatic hydroxyl groups excluding tert-OH is 1. The highest BCUT2D eigenvalue weighted by Crippen LogP contribution is 2.33. The monoisotopic (exact) mass is 384 g/mol. The number of nitriles is 1. The second kappa shape index (κ2) is 8.21. The Balaban J connectivity index is 2.05. The van der Waals surface area contributed by atoms with Crippen LogP contribution in [0.25, 0.3) is 0 Å². The number of thioether (sulfide) groups is 1. The Morgan fingerprint density at radius 1 is 1.27 bits per heavy atom. The first kappa shape index (κ1) is 19.8. The minimum absolute atomic E-state index is 0.185. The van der Waals surface area contributed by atoms with Crippen LogP contribution in [-0.4, -0.2) is 22.9 Å². The molecule has 0 radical (unpaired) electrons. The summed E-state index contributed by atoms with van der Waals surface area (Å²) < 4.78 is 52.2. The first-order valence-electron chi connectivity index (χ1n) is 7.20. The van der Waals surface area contributed by atoms with Crippen molar-refractivity contribution < 1.29 is 27.5 Å². The summed E-state index contributed by atoms with van der Waals surface area (Å²) in [5.74, 6) is -1.63. The largest absolute Gasteiger partial charge is 0.417 e. The molecule has 2 N–H and O–H groups in total. The predicted octanol–water partition coefficient (Wildman–Crippen LogP) is 3.81. The smallest absolute Gasteiger partial charge is 0.382 e. The van der Waals surface area contributed by atoms with Crippen molar-refractivity contribution in [3.63, 3.8) is 0 Å². The van der Waals surface area contributed by atoms with Gasteiger partial charge in [0.15, 0.2) is 0 Å². The second-order valence-electron chi connectivity index (χ2n) is 5.12. The summed E-state index contributed by atoms with van der Waals surface area (Å²) in [6.45, 7) is 0. The molecule has 0 spiro atoms. The summed E-state index contributed by atoms with van der Waals surface area (Å²) in [4.78, 5) is 12.2. The third-order valence-corrected chi connectivity index (χ3v) is 4.37. The van der Waals surface area contributed by atoms with Gasteiger partial charge >= 0.3 is 6.18 Å². The topological polar surface area (TPSA) is 73.1 Å². The SMILES string of the molecule is N#Cc1ccc(NC(=O)[C@@H](O)CSc2ccccc2F)cc1C(F)(F)F. The van der Waals surface area contributed by atoms with Gasteiger partial charge in [0.25, 0.3) is 5.91 Å². The Bertz CT molecular complexity index is 849. The maximum atomic E-state index is 13.5. The average molecular weight is 384 g/mol. The van der Waals surface area contributed by atoms with E-state index in [9.17, 15) is 27.5 Å². The Morgan fingerprint density at radius 3 is 2.58 bits per heavy atom. The van der Waals surface area contributed by atoms with Crippen LogP contribution in [-0.2, 0) is 11.0 Å². The number of benzene rings is 2. The molecule has 0 bridgehead atoms. The van der Waals surface area contributed by atoms with Crippen LogP contribution in [0.4, 0.5) is 23.2 Å². The van der Waals surface area contributed by atoms with Crippen molar-refractivity contribution in [2.45, 2.75) is 17.2 Å². The fourth-order valence-electron chi connectivity index (χ4n) is 1.99. The zero-order valence-electron chi connectivity index (χ0n) is 13.0. The van der Waals surface area contributed by atoms with E-state index in [2.05, 4.69) is 5.32 Å². The molecule has 2 aromatic rings. The summed E-state index contributed by atoms with van der Waals surface area (Å²) in [5.41, 5.74) is -1.98. The van der Waals surface area contributed by atoms with Crippen molar-refractivity contribution in [1.82, 2.24) is 0 Å². The van der Waals surface area contributed by atoms with Gasteiger partial charge in [0.05, 0.1) is 17.2 Å². The molecule has 0 heterocycles. The Kier molecular flexibility index (Phi) is 6.23. The number of alkyl halides is 3. The lowest BCUT2D eigenvalue weighted by Crippen LogP contribution is -2.29. The van der Waals surface area contributed by atoms with Crippen molar-refractivity contribution in [3.05, 3.63) is 59.4 Å². The highest BCUT2D eigenvalue weighted by atomic mass is 32.2. The molecular weight excluding hydrogens is 372 g/mol. The summed E-state index contributed by atoms with van der Waals surface area (Å²) in [7, 11) is 0. The molecule has 1 atom stereocenters. The number of carbonyl (C=O) groups excluding carboxylic acids is 1. The number of hydrogen-bond acceptors (Lipinski definition) is 4. The molecule has 2 rings (SSSR count). The summed E-state index contributed by atoms with van der Waals surface area (Å²) in [5, 5.41) is 20.7. The highest BCUT2D eigenvalue weighted by molar-refractivity contribution is 7.99. The highest BCUT2D eigenvalue weighted by Gasteiger charge is 2.34. The lowest BCUT2D eigenvalue weighted by atomic mass is 10.1. The van der Waals surface area contributed by atoms with Gasteiger partial charge in [-0.05, 0) is 30.3 Å². The molecule has 136 valence electrons. The van der Waals surface area contributed by atoms with Crippen LogP contribution in [0.1, 0.15) is 11.1 Å². The van der Waals surface area contributed by atoms with Crippen molar-refractivity contribution in [1.29, 1.82) is 5.26 Å². The molecule has 26 heavy (non-hydrogen) atoms. The zero-order valence-corrected chi connectivity index (χ0v) is 13.9. The number of carbonyl (C=O) groups is 1. The third-order valence-electron chi connectivity index (χ3n) is 3.25. The maximum Gasteiger partial charge on any atom is 0.417 e. The number of amides is 1. The molecule has 2 aromatic carbocycles. The molecule has 0 unspecified atom stereocenters. The normalized spacial score (nSPS) is 12.3. The van der Waals surface area contributed by atoms with Gasteiger partial charge in [-0.1, -0.05) is 12.1 Å². The van der Waals surface area contributed by atoms with Crippen LogP contribution in [0.5, 0.6) is 0 Å². The van der Waals surface area contributed by atoms with E-state index in [0.717, 1.165) is 23.9 Å². The molecule has 0 aliphatic carbocycles. The molecule has 1 amide bonds. The molecule has 9 heteroatoms. The lowest BCUT2D eigenvalue weighted by Gasteiger charge is -2.14. The molecule has 4 nitrogen and oxygen atoms in total. The van der Waals surface area contributed by atoms with Gasteiger partial charge in [-0.3, -0.25) is 4.79 Å². The number of rotatable bonds is 5. The molecule has 0 fully saturated rings. The lowest BCUT2D eigenvalue weighted by molar-refractivity contribution is -0.137. The van der Waals surface area contributed by atoms with Gasteiger partial charge in [-0.2, -0.15) is 18.4 Å². The summed E-state index contributed by atoms with van der Waals surface area (Å²) in [6.07, 6.45) is -6.32. The van der Waals surface area contributed by atoms with Crippen LogP contribution in [0.15, 0.2) is 47.4 Å². The van der Waals surface area contributed by atoms with Crippen molar-refractivity contribution in [3.8, 4) is 6.07 Å². The molecule has 0 aliphatic rings. The van der Waals surface area contributed by atoms with E-state index in [1.807, 2.05) is 0 Å². The van der Waals surface area contributed by atoms with Gasteiger partial charge < -0.3 is 10.4 Å². The number of nitrogens with zero attached hydrogens (tertiary/aromatic N) is 1. The van der Waals surface area contributed by atoms with Crippen LogP contribution in [0, 0.1) is 17.1 Å². The van der Waals surface area contributed by atoms with E-state index in [0.29, 0.717) is 6.07 Å². The fourth-order valence-corrected chi connectivity index (χ4v) is 2.86. The number of aliphatic hydroxyl groups is 1. The summed E-state index contributed by atoms with van der Waals surface area (Å²) >= 11 is 0.899. The van der Waals surface area contributed by atoms with Crippen molar-refractivity contribution in [2.24, 2.45) is 0 Å². The van der Waals surface area contributed by atoms with Crippen molar-refractivity contribution in [2.75, 3.05) is 11.1 Å². The van der Waals surface area contributed by atoms with Crippen molar-refractivity contribution >= 4 is 23.4 Å². The van der Waals surface area contributed by atoms with Crippen LogP contribution < -0.4 is 5.32 Å². The summed E-state index contributed by atoms with van der Waals surface area (Å²) in [6, 6.07) is 9.89. The Morgan fingerprint density at radius 2 is 1.96 bits per heavy atom. The zero-order chi connectivity index (χ0) is 19.3. The second-order valence-corrected chi connectivity index (χ2v) is 6.18. The van der Waals surface area contributed by atoms with E-state index in [-0.39, 0.29) is 16.3 Å². The molecule has 0 aliphatic heterocycles. The van der Waals surface area contributed by atoms with Gasteiger partial charge in [0, 0.05) is 16.3 Å². The van der Waals surface area contributed by atoms with Crippen LogP contribution in [0.3, 0.4) is 0 Å². The Labute approximate surface area is 150 Å². The van der Waals surface area contributed by atoms with Gasteiger partial charge in [0.1, 0.15) is 11.9 Å². The minimum atomic E-state index is -4.76. The molecular formula is C17H12F4N2O2S. The minimum Gasteiger partial charge on any atom is -0.382 e. The molecule has 0 saturated carbocycles. The third kappa shape index (κ3) is 4.97. The number of hydrogen-bond donors (Lipinski definition) is 2. The van der Waals surface area contributed by atoms with Gasteiger partial charge in [-0.25, -0.2) is 4.39 Å². The fraction of sp³-hybridized carbons (Fsp3) is 0.176. The molecule has 0 aromatic heterocycles. The van der Waals surface area contributed by atoms with Crippen LogP contribution >= 0.6 is 11.8 Å². The first-order valence-corrected chi connectivity index (χ1v) is 8.18. The number of nitrogens with one attached hydrogen (secondary N) is 1. The predicted molar refractivity (Wildman–Crippen MR) is 87.9 cm³/mol. The first-order chi connectivity index (χ1) is 12.2. The quantitative estimate of drug-likeness (QED) is 0.607. The van der Waals surface area contributed by atoms with E-state index in [1.54, 1.807) is 6.07 Å². The Hall–Kier alpha value is -2.57. The van der Waals surface area contributed by atoms with E-state index in [4.69, 9.17) is 5.26 Å². The number of anilines is 1. The molecule has 0 saturated heterocycles. The standard InChI is InChI=1S/C17H12F4N2O2S/c18-13-3-1-2-4-15(13)26-9-14(24)16(25)23-11-6-5-10(8-22)12(7-11)17(19,20)21/h1-7,14,24H,9H2,(H,23,25)/t14-/m0/s1.